The average molecular weight is 307 g/mol. The molecule has 0 spiro atoms. The van der Waals surface area contributed by atoms with Gasteiger partial charge in [-0.05, 0) is 30.3 Å². The first-order valence-electron chi connectivity index (χ1n) is 6.12. The zero-order chi connectivity index (χ0) is 15.9. The van der Waals surface area contributed by atoms with Crippen LogP contribution < -0.4 is 15.6 Å². The lowest BCUT2D eigenvalue weighted by molar-refractivity contribution is -0.0498. The summed E-state index contributed by atoms with van der Waals surface area (Å²) in [6.07, 6.45) is 2.86. The van der Waals surface area contributed by atoms with Gasteiger partial charge in [0.15, 0.2) is 0 Å². The molecule has 1 heterocycles. The molecule has 0 fully saturated rings. The van der Waals surface area contributed by atoms with Crippen LogP contribution in [-0.4, -0.2) is 23.4 Å². The highest BCUT2D eigenvalue weighted by Gasteiger charge is 2.11. The highest BCUT2D eigenvalue weighted by molar-refractivity contribution is 5.99. The monoisotopic (exact) mass is 307 g/mol. The summed E-state index contributed by atoms with van der Waals surface area (Å²) in [5, 5.41) is 0. The Bertz CT molecular complexity index is 665. The number of carbonyl (C=O) groups excluding carboxylic acids is 2. The van der Waals surface area contributed by atoms with Crippen LogP contribution in [0.2, 0.25) is 0 Å². The smallest absolute Gasteiger partial charge is 0.387 e. The lowest BCUT2D eigenvalue weighted by Gasteiger charge is -2.09. The number of pyridine rings is 1. The Morgan fingerprint density at radius 3 is 2.27 bits per heavy atom. The van der Waals surface area contributed by atoms with Crippen LogP contribution in [0.5, 0.6) is 5.75 Å². The zero-order valence-corrected chi connectivity index (χ0v) is 11.1. The molecule has 0 radical (unpaired) electrons. The van der Waals surface area contributed by atoms with Gasteiger partial charge in [-0.2, -0.15) is 8.78 Å². The predicted octanol–water partition coefficient (Wildman–Crippen LogP) is 1.76. The van der Waals surface area contributed by atoms with Crippen molar-refractivity contribution in [2.24, 2.45) is 0 Å². The van der Waals surface area contributed by atoms with E-state index in [0.29, 0.717) is 5.56 Å². The molecule has 22 heavy (non-hydrogen) atoms. The van der Waals surface area contributed by atoms with Crippen LogP contribution in [0, 0.1) is 0 Å². The molecule has 114 valence electrons. The molecule has 1 aromatic heterocycles. The number of amides is 2. The maximum atomic E-state index is 12.1. The van der Waals surface area contributed by atoms with Crippen molar-refractivity contribution in [1.29, 1.82) is 0 Å². The second-order valence-electron chi connectivity index (χ2n) is 4.05. The Morgan fingerprint density at radius 2 is 1.64 bits per heavy atom. The summed E-state index contributed by atoms with van der Waals surface area (Å²) in [5.74, 6) is -1.35. The van der Waals surface area contributed by atoms with Crippen LogP contribution in [0.1, 0.15) is 20.7 Å². The molecule has 0 aliphatic carbocycles. The third-order valence-corrected chi connectivity index (χ3v) is 2.55. The summed E-state index contributed by atoms with van der Waals surface area (Å²) in [5.41, 5.74) is 4.75. The second kappa shape index (κ2) is 7.11. The first kappa shape index (κ1) is 15.4. The molecule has 0 saturated heterocycles. The van der Waals surface area contributed by atoms with Gasteiger partial charge in [0.05, 0.1) is 0 Å². The fourth-order valence-electron chi connectivity index (χ4n) is 1.57. The van der Waals surface area contributed by atoms with Gasteiger partial charge in [0.2, 0.25) is 0 Å². The maximum absolute atomic E-state index is 12.1. The summed E-state index contributed by atoms with van der Waals surface area (Å²) in [6, 6.07) is 8.15. The number of alkyl halides is 2. The molecule has 0 aliphatic heterocycles. The number of aromatic nitrogens is 1. The van der Waals surface area contributed by atoms with Gasteiger partial charge in [0.1, 0.15) is 5.75 Å². The van der Waals surface area contributed by atoms with Crippen LogP contribution in [-0.2, 0) is 0 Å². The highest BCUT2D eigenvalue weighted by atomic mass is 19.3. The van der Waals surface area contributed by atoms with E-state index in [-0.39, 0.29) is 11.3 Å². The topological polar surface area (TPSA) is 80.3 Å². The van der Waals surface area contributed by atoms with Gasteiger partial charge in [0.25, 0.3) is 11.8 Å². The number of carbonyl (C=O) groups is 2. The summed E-state index contributed by atoms with van der Waals surface area (Å²) < 4.78 is 28.4. The lowest BCUT2D eigenvalue weighted by atomic mass is 10.2. The molecule has 0 saturated carbocycles. The third kappa shape index (κ3) is 4.23. The van der Waals surface area contributed by atoms with Crippen LogP contribution in [0.3, 0.4) is 0 Å². The Hall–Kier alpha value is -3.03. The van der Waals surface area contributed by atoms with Gasteiger partial charge in [-0.1, -0.05) is 6.07 Å². The van der Waals surface area contributed by atoms with Crippen LogP contribution in [0.25, 0.3) is 0 Å². The number of rotatable bonds is 4. The van der Waals surface area contributed by atoms with Gasteiger partial charge < -0.3 is 4.74 Å². The fourth-order valence-corrected chi connectivity index (χ4v) is 1.57. The Morgan fingerprint density at radius 1 is 1.00 bits per heavy atom. The minimum Gasteiger partial charge on any atom is -0.435 e. The van der Waals surface area contributed by atoms with Crippen LogP contribution in [0.15, 0.2) is 48.8 Å². The number of hydrogen-bond donors (Lipinski definition) is 2. The zero-order valence-electron chi connectivity index (χ0n) is 11.1. The van der Waals surface area contributed by atoms with Crippen molar-refractivity contribution in [2.45, 2.75) is 6.61 Å². The van der Waals surface area contributed by atoms with E-state index in [0.717, 1.165) is 6.07 Å². The summed E-state index contributed by atoms with van der Waals surface area (Å²) in [6.45, 7) is -2.98. The molecule has 1 aromatic carbocycles. The molecule has 8 heteroatoms. The molecule has 2 rings (SSSR count). The van der Waals surface area contributed by atoms with E-state index in [1.54, 1.807) is 0 Å². The summed E-state index contributed by atoms with van der Waals surface area (Å²) in [4.78, 5) is 27.3. The van der Waals surface area contributed by atoms with Crippen molar-refractivity contribution < 1.29 is 23.1 Å². The summed E-state index contributed by atoms with van der Waals surface area (Å²) >= 11 is 0. The van der Waals surface area contributed by atoms with E-state index in [9.17, 15) is 18.4 Å². The largest absolute Gasteiger partial charge is 0.435 e. The van der Waals surface area contributed by atoms with E-state index in [2.05, 4.69) is 20.6 Å². The quantitative estimate of drug-likeness (QED) is 0.843. The molecule has 0 aliphatic rings. The van der Waals surface area contributed by atoms with E-state index < -0.39 is 18.4 Å². The Balaban J connectivity index is 1.96. The van der Waals surface area contributed by atoms with E-state index in [1.807, 2.05) is 0 Å². The number of nitrogens with zero attached hydrogens (tertiary/aromatic N) is 1. The second-order valence-corrected chi connectivity index (χ2v) is 4.05. The van der Waals surface area contributed by atoms with Crippen LogP contribution in [0.4, 0.5) is 8.78 Å². The first-order valence-corrected chi connectivity index (χ1v) is 6.12. The minimum absolute atomic E-state index is 0.0631. The molecule has 2 aromatic rings. The van der Waals surface area contributed by atoms with Gasteiger partial charge >= 0.3 is 6.61 Å². The van der Waals surface area contributed by atoms with E-state index in [4.69, 9.17) is 0 Å². The average Bonchev–Trinajstić information content (AvgIpc) is 2.52. The predicted molar refractivity (Wildman–Crippen MR) is 72.2 cm³/mol. The Kier molecular flexibility index (Phi) is 4.97. The van der Waals surface area contributed by atoms with Gasteiger partial charge in [-0.15, -0.1) is 0 Å². The molecule has 0 atom stereocenters. The first-order chi connectivity index (χ1) is 10.6. The van der Waals surface area contributed by atoms with E-state index in [1.165, 1.54) is 42.7 Å². The minimum atomic E-state index is -2.98. The SMILES string of the molecule is O=C(NNC(=O)c1cccc(OC(F)F)c1)c1ccncc1. The molecule has 6 nitrogen and oxygen atoms in total. The lowest BCUT2D eigenvalue weighted by Crippen LogP contribution is -2.41. The number of nitrogens with one attached hydrogen (secondary N) is 2. The third-order valence-electron chi connectivity index (χ3n) is 2.55. The van der Waals surface area contributed by atoms with Crippen molar-refractivity contribution >= 4 is 11.8 Å². The highest BCUT2D eigenvalue weighted by Crippen LogP contribution is 2.15. The van der Waals surface area contributed by atoms with Crippen molar-refractivity contribution in [2.75, 3.05) is 0 Å². The molecular formula is C14H11F2N3O3. The van der Waals surface area contributed by atoms with Crippen molar-refractivity contribution in [3.63, 3.8) is 0 Å². The van der Waals surface area contributed by atoms with E-state index >= 15 is 0 Å². The number of ether oxygens (including phenoxy) is 1. The number of hydrazine groups is 1. The molecule has 2 amide bonds. The normalized spacial score (nSPS) is 10.1. The Labute approximate surface area is 124 Å². The molecule has 0 bridgehead atoms. The van der Waals surface area contributed by atoms with Gasteiger partial charge in [-0.25, -0.2) is 0 Å². The van der Waals surface area contributed by atoms with Crippen molar-refractivity contribution in [3.05, 3.63) is 59.9 Å². The number of hydrogen-bond acceptors (Lipinski definition) is 4. The molecule has 2 N–H and O–H groups in total. The molecule has 0 unspecified atom stereocenters. The van der Waals surface area contributed by atoms with Gasteiger partial charge in [-0.3, -0.25) is 25.4 Å². The standard InChI is InChI=1S/C14H11F2N3O3/c15-14(16)22-11-3-1-2-10(8-11)13(21)19-18-12(20)9-4-6-17-7-5-9/h1-8,14H,(H,18,20)(H,19,21). The van der Waals surface area contributed by atoms with Crippen LogP contribution >= 0.6 is 0 Å². The maximum Gasteiger partial charge on any atom is 0.387 e. The number of benzene rings is 1. The summed E-state index contributed by atoms with van der Waals surface area (Å²) in [7, 11) is 0. The number of halogens is 2. The van der Waals surface area contributed by atoms with Gasteiger partial charge in [0, 0.05) is 23.5 Å². The fraction of sp³-hybridized carbons (Fsp3) is 0.0714. The van der Waals surface area contributed by atoms with Crippen molar-refractivity contribution in [3.8, 4) is 5.75 Å². The molecular weight excluding hydrogens is 296 g/mol. The van der Waals surface area contributed by atoms with Crippen molar-refractivity contribution in [1.82, 2.24) is 15.8 Å².